The molecule has 1 aliphatic carbocycles. The molecule has 2 fully saturated rings. The Balaban J connectivity index is 1.92. The van der Waals surface area contributed by atoms with Gasteiger partial charge < -0.3 is 0 Å². The van der Waals surface area contributed by atoms with Crippen molar-refractivity contribution in [1.82, 2.24) is 4.90 Å². The van der Waals surface area contributed by atoms with Gasteiger partial charge in [0.25, 0.3) is 0 Å². The molecule has 8 heavy (non-hydrogen) atoms. The monoisotopic (exact) mass is 109 g/mol. The fourth-order valence-corrected chi connectivity index (χ4v) is 1.81. The van der Waals surface area contributed by atoms with Crippen LogP contribution < -0.4 is 0 Å². The van der Waals surface area contributed by atoms with E-state index in [0.717, 1.165) is 18.5 Å². The number of hydrogen-bond donors (Lipinski definition) is 0. The van der Waals surface area contributed by atoms with E-state index in [0.29, 0.717) is 0 Å². The molecule has 0 aromatic rings. The van der Waals surface area contributed by atoms with Crippen molar-refractivity contribution in [2.75, 3.05) is 13.1 Å². The summed E-state index contributed by atoms with van der Waals surface area (Å²) >= 11 is 0. The SMILES string of the molecule is [CH]N1CC2(CCC2)C1. The van der Waals surface area contributed by atoms with Crippen LogP contribution in [0.2, 0.25) is 0 Å². The van der Waals surface area contributed by atoms with Crippen molar-refractivity contribution in [1.29, 1.82) is 0 Å². The summed E-state index contributed by atoms with van der Waals surface area (Å²) in [5, 5.41) is 0. The molecule has 2 radical (unpaired) electrons. The smallest absolute Gasteiger partial charge is 0.0439 e. The fraction of sp³-hybridized carbons (Fsp3) is 0.857. The molecule has 0 atom stereocenters. The Bertz CT molecular complexity index is 97.0. The van der Waals surface area contributed by atoms with Crippen molar-refractivity contribution < 1.29 is 0 Å². The lowest BCUT2D eigenvalue weighted by atomic mass is 9.64. The first-order valence-corrected chi connectivity index (χ1v) is 3.30. The zero-order valence-corrected chi connectivity index (χ0v) is 5.06. The highest BCUT2D eigenvalue weighted by Gasteiger charge is 2.45. The summed E-state index contributed by atoms with van der Waals surface area (Å²) < 4.78 is 0. The number of nitrogens with zero attached hydrogens (tertiary/aromatic N) is 1. The van der Waals surface area contributed by atoms with E-state index < -0.39 is 0 Å². The van der Waals surface area contributed by atoms with Crippen LogP contribution in [0.15, 0.2) is 0 Å². The molecule has 0 aromatic carbocycles. The summed E-state index contributed by atoms with van der Waals surface area (Å²) in [6.45, 7) is 2.32. The Morgan fingerprint density at radius 3 is 2.00 bits per heavy atom. The predicted octanol–water partition coefficient (Wildman–Crippen LogP) is 1.14. The van der Waals surface area contributed by atoms with Gasteiger partial charge in [-0.3, -0.25) is 4.90 Å². The molecule has 1 aliphatic heterocycles. The molecule has 0 unspecified atom stereocenters. The molecule has 0 aromatic heterocycles. The van der Waals surface area contributed by atoms with Gasteiger partial charge in [0.2, 0.25) is 0 Å². The summed E-state index contributed by atoms with van der Waals surface area (Å²) in [7, 11) is 5.50. The summed E-state index contributed by atoms with van der Waals surface area (Å²) in [5.74, 6) is 0. The van der Waals surface area contributed by atoms with Crippen molar-refractivity contribution in [2.24, 2.45) is 5.41 Å². The highest BCUT2D eigenvalue weighted by atomic mass is 15.2. The van der Waals surface area contributed by atoms with Crippen molar-refractivity contribution in [2.45, 2.75) is 19.3 Å². The molecular weight excluding hydrogens is 98.1 g/mol. The van der Waals surface area contributed by atoms with Gasteiger partial charge in [-0.15, -0.1) is 0 Å². The molecule has 0 bridgehead atoms. The van der Waals surface area contributed by atoms with Gasteiger partial charge in [0, 0.05) is 20.1 Å². The minimum Gasteiger partial charge on any atom is -0.296 e. The number of likely N-dealkylation sites (tertiary alicyclic amines) is 1. The van der Waals surface area contributed by atoms with E-state index in [-0.39, 0.29) is 0 Å². The molecular formula is C7H11N. The minimum absolute atomic E-state index is 0.717. The first-order valence-electron chi connectivity index (χ1n) is 3.30. The maximum Gasteiger partial charge on any atom is 0.0439 e. The van der Waals surface area contributed by atoms with Crippen molar-refractivity contribution in [3.63, 3.8) is 0 Å². The first-order chi connectivity index (χ1) is 3.81. The third-order valence-electron chi connectivity index (χ3n) is 2.49. The lowest BCUT2D eigenvalue weighted by Gasteiger charge is -2.54. The summed E-state index contributed by atoms with van der Waals surface area (Å²) in [6.07, 6.45) is 4.30. The Kier molecular flexibility index (Phi) is 0.762. The predicted molar refractivity (Wildman–Crippen MR) is 32.2 cm³/mol. The molecule has 1 spiro atoms. The van der Waals surface area contributed by atoms with E-state index in [9.17, 15) is 0 Å². The van der Waals surface area contributed by atoms with Gasteiger partial charge in [0.15, 0.2) is 0 Å². The Labute approximate surface area is 50.7 Å². The van der Waals surface area contributed by atoms with Crippen LogP contribution in [0.1, 0.15) is 19.3 Å². The second-order valence-corrected chi connectivity index (χ2v) is 3.26. The molecule has 44 valence electrons. The minimum atomic E-state index is 0.717. The Morgan fingerprint density at radius 2 is 1.88 bits per heavy atom. The topological polar surface area (TPSA) is 3.24 Å². The second-order valence-electron chi connectivity index (χ2n) is 3.26. The highest BCUT2D eigenvalue weighted by Crippen LogP contribution is 2.47. The Hall–Kier alpha value is -0.0400. The maximum absolute atomic E-state index is 5.50. The van der Waals surface area contributed by atoms with Crippen LogP contribution in [0.5, 0.6) is 0 Å². The van der Waals surface area contributed by atoms with Crippen LogP contribution in [0.25, 0.3) is 0 Å². The average molecular weight is 109 g/mol. The zero-order valence-electron chi connectivity index (χ0n) is 5.06. The molecule has 0 amide bonds. The third-order valence-corrected chi connectivity index (χ3v) is 2.49. The molecule has 2 rings (SSSR count). The van der Waals surface area contributed by atoms with E-state index in [1.807, 2.05) is 4.90 Å². The van der Waals surface area contributed by atoms with Crippen LogP contribution in [-0.2, 0) is 0 Å². The van der Waals surface area contributed by atoms with Gasteiger partial charge in [-0.25, -0.2) is 0 Å². The van der Waals surface area contributed by atoms with E-state index >= 15 is 0 Å². The zero-order chi connectivity index (χ0) is 5.61. The van der Waals surface area contributed by atoms with Crippen LogP contribution >= 0.6 is 0 Å². The van der Waals surface area contributed by atoms with Gasteiger partial charge in [-0.1, -0.05) is 6.42 Å². The maximum atomic E-state index is 5.50. The number of hydrogen-bond acceptors (Lipinski definition) is 1. The van der Waals surface area contributed by atoms with Crippen LogP contribution in [0.4, 0.5) is 0 Å². The van der Waals surface area contributed by atoms with E-state index in [2.05, 4.69) is 0 Å². The molecule has 1 nitrogen and oxygen atoms in total. The average Bonchev–Trinajstić information content (AvgIpc) is 1.51. The van der Waals surface area contributed by atoms with Crippen molar-refractivity contribution >= 4 is 0 Å². The molecule has 2 aliphatic rings. The number of rotatable bonds is 0. The molecule has 0 N–H and O–H groups in total. The van der Waals surface area contributed by atoms with Gasteiger partial charge in [0.05, 0.1) is 0 Å². The van der Waals surface area contributed by atoms with E-state index in [4.69, 9.17) is 7.05 Å². The van der Waals surface area contributed by atoms with Crippen molar-refractivity contribution in [3.05, 3.63) is 7.05 Å². The van der Waals surface area contributed by atoms with Gasteiger partial charge in [0.1, 0.15) is 0 Å². The normalized spacial score (nSPS) is 34.1. The van der Waals surface area contributed by atoms with Crippen molar-refractivity contribution in [3.8, 4) is 0 Å². The molecule has 1 heteroatoms. The summed E-state index contributed by atoms with van der Waals surface area (Å²) in [4.78, 5) is 1.92. The van der Waals surface area contributed by atoms with Crippen LogP contribution in [-0.4, -0.2) is 18.0 Å². The quantitative estimate of drug-likeness (QED) is 0.451. The van der Waals surface area contributed by atoms with Gasteiger partial charge in [-0.2, -0.15) is 0 Å². The molecule has 1 saturated carbocycles. The fourth-order valence-electron chi connectivity index (χ4n) is 1.81. The van der Waals surface area contributed by atoms with E-state index in [1.54, 1.807) is 0 Å². The molecule has 1 heterocycles. The van der Waals surface area contributed by atoms with Crippen LogP contribution in [0.3, 0.4) is 0 Å². The Morgan fingerprint density at radius 1 is 1.25 bits per heavy atom. The largest absolute Gasteiger partial charge is 0.296 e. The highest BCUT2D eigenvalue weighted by molar-refractivity contribution is 4.99. The van der Waals surface area contributed by atoms with Gasteiger partial charge in [-0.05, 0) is 18.3 Å². The lowest BCUT2D eigenvalue weighted by Crippen LogP contribution is -2.56. The van der Waals surface area contributed by atoms with Crippen LogP contribution in [0, 0.1) is 12.5 Å². The third kappa shape index (κ3) is 0.455. The molecule has 1 saturated heterocycles. The summed E-state index contributed by atoms with van der Waals surface area (Å²) in [5.41, 5.74) is 0.717. The standard InChI is InChI=1S/C7H11N/c1-8-5-7(6-8)3-2-4-7/h1H,2-6H2. The van der Waals surface area contributed by atoms with Gasteiger partial charge >= 0.3 is 0 Å². The van der Waals surface area contributed by atoms with E-state index in [1.165, 1.54) is 19.3 Å². The summed E-state index contributed by atoms with van der Waals surface area (Å²) in [6, 6.07) is 0. The first kappa shape index (κ1) is 4.80. The lowest BCUT2D eigenvalue weighted by molar-refractivity contribution is -0.0325. The second kappa shape index (κ2) is 1.27.